The van der Waals surface area contributed by atoms with E-state index >= 15 is 0 Å². The van der Waals surface area contributed by atoms with E-state index in [1.165, 1.54) is 7.11 Å². The number of carbonyl (C=O) groups excluding carboxylic acids is 1. The Morgan fingerprint density at radius 1 is 1.29 bits per heavy atom. The number of halogens is 1. The average molecular weight is 402 g/mol. The van der Waals surface area contributed by atoms with Gasteiger partial charge in [0.25, 0.3) is 0 Å². The second kappa shape index (κ2) is 6.70. The minimum absolute atomic E-state index is 0.0832. The fourth-order valence-electron chi connectivity index (χ4n) is 3.73. The quantitative estimate of drug-likeness (QED) is 0.630. The Balaban J connectivity index is 1.88. The predicted molar refractivity (Wildman–Crippen MR) is 101 cm³/mol. The summed E-state index contributed by atoms with van der Waals surface area (Å²) in [6.07, 6.45) is -0.975. The van der Waals surface area contributed by atoms with Crippen LogP contribution in [-0.2, 0) is 27.2 Å². The predicted octanol–water partition coefficient (Wildman–Crippen LogP) is 3.19. The molecule has 2 atom stereocenters. The smallest absolute Gasteiger partial charge is 0.467 e. The van der Waals surface area contributed by atoms with Gasteiger partial charge < -0.3 is 14.6 Å². The van der Waals surface area contributed by atoms with Gasteiger partial charge in [-0.1, -0.05) is 57.7 Å². The second-order valence-electron chi connectivity index (χ2n) is 6.87. The number of fused-ring (bicyclic) bond motifs is 3. The van der Waals surface area contributed by atoms with Gasteiger partial charge in [0.05, 0.1) is 7.11 Å². The highest BCUT2D eigenvalue weighted by Gasteiger charge is 2.60. The van der Waals surface area contributed by atoms with E-state index in [1.807, 2.05) is 30.3 Å². The molecule has 1 amide bonds. The number of carbonyl (C=O) groups is 2. The van der Waals surface area contributed by atoms with Crippen LogP contribution in [0.15, 0.2) is 53.6 Å². The van der Waals surface area contributed by atoms with Crippen molar-refractivity contribution in [2.24, 2.45) is 5.10 Å². The molecule has 0 aromatic heterocycles. The van der Waals surface area contributed by atoms with E-state index in [0.29, 0.717) is 10.6 Å². The maximum Gasteiger partial charge on any atom is 0.543 e. The minimum Gasteiger partial charge on any atom is -0.467 e. The third-order valence-electron chi connectivity index (χ3n) is 5.12. The summed E-state index contributed by atoms with van der Waals surface area (Å²) in [5, 5.41) is 15.1. The summed E-state index contributed by atoms with van der Waals surface area (Å²) in [5.41, 5.74) is 0.997. The van der Waals surface area contributed by atoms with E-state index in [1.54, 1.807) is 18.2 Å². The maximum absolute atomic E-state index is 12.6. The molecule has 8 heteroatoms. The number of esters is 1. The van der Waals surface area contributed by atoms with Crippen LogP contribution in [0, 0.1) is 0 Å². The summed E-state index contributed by atoms with van der Waals surface area (Å²) >= 11 is 6.10. The monoisotopic (exact) mass is 401 g/mol. The van der Waals surface area contributed by atoms with Crippen molar-refractivity contribution in [3.05, 3.63) is 70.2 Å². The van der Waals surface area contributed by atoms with Crippen molar-refractivity contribution in [2.75, 3.05) is 13.8 Å². The van der Waals surface area contributed by atoms with E-state index in [0.717, 1.165) is 11.1 Å². The number of rotatable bonds is 3. The summed E-state index contributed by atoms with van der Waals surface area (Å²) in [6, 6.07) is 14.3. The van der Waals surface area contributed by atoms with E-state index in [9.17, 15) is 14.7 Å². The van der Waals surface area contributed by atoms with Gasteiger partial charge >= 0.3 is 12.1 Å². The Morgan fingerprint density at radius 3 is 2.71 bits per heavy atom. The molecule has 0 radical (unpaired) electrons. The van der Waals surface area contributed by atoms with Gasteiger partial charge in [0.15, 0.2) is 0 Å². The molecule has 2 aromatic carbocycles. The van der Waals surface area contributed by atoms with Gasteiger partial charge in [0, 0.05) is 22.6 Å². The maximum atomic E-state index is 12.6. The first-order chi connectivity index (χ1) is 13.4. The molecule has 1 aliphatic heterocycles. The molecule has 1 N–H and O–H groups in total. The normalized spacial score (nSPS) is 25.4. The number of amides is 1. The number of quaternary nitrogens is 1. The third kappa shape index (κ3) is 2.79. The zero-order chi connectivity index (χ0) is 19.9. The molecule has 0 saturated carbocycles. The van der Waals surface area contributed by atoms with Crippen molar-refractivity contribution in [1.29, 1.82) is 0 Å². The van der Waals surface area contributed by atoms with Crippen LogP contribution in [0.2, 0.25) is 5.02 Å². The van der Waals surface area contributed by atoms with Crippen molar-refractivity contribution in [3.63, 3.8) is 0 Å². The number of carboxylic acid groups (broad SMARTS) is 1. The molecule has 2 unspecified atom stereocenters. The number of hydrogen-bond acceptors (Lipinski definition) is 5. The van der Waals surface area contributed by atoms with Crippen molar-refractivity contribution >= 4 is 29.4 Å². The summed E-state index contributed by atoms with van der Waals surface area (Å²) in [4.78, 5) is 24.9. The molecule has 0 spiro atoms. The SMILES string of the molecule is COC(=O)C12Cc3cc(Cl)ccc3C1=N[N+](Cc1ccccc1)(C(=O)O)CO2. The lowest BCUT2D eigenvalue weighted by Crippen LogP contribution is -2.61. The molecule has 2 aliphatic rings. The van der Waals surface area contributed by atoms with Crippen molar-refractivity contribution in [1.82, 2.24) is 0 Å². The van der Waals surface area contributed by atoms with Crippen LogP contribution >= 0.6 is 11.6 Å². The standard InChI is InChI=1S/C20H17ClN2O5/c1-27-18(24)20-10-14-9-15(21)7-8-16(14)17(20)22-23(12-28-20,19(25)26)11-13-5-3-2-4-6-13/h2-9H,10-12H2,1H3/p+1. The van der Waals surface area contributed by atoms with Crippen LogP contribution in [0.25, 0.3) is 0 Å². The summed E-state index contributed by atoms with van der Waals surface area (Å²) in [5.74, 6) is -0.610. The van der Waals surface area contributed by atoms with Crippen molar-refractivity contribution in [2.45, 2.75) is 18.6 Å². The van der Waals surface area contributed by atoms with E-state index in [2.05, 4.69) is 5.10 Å². The molecule has 4 rings (SSSR count). The molecule has 28 heavy (non-hydrogen) atoms. The molecular weight excluding hydrogens is 384 g/mol. The lowest BCUT2D eigenvalue weighted by atomic mass is 9.97. The Labute approximate surface area is 166 Å². The molecule has 7 nitrogen and oxygen atoms in total. The number of methoxy groups -OCH3 is 1. The lowest BCUT2D eigenvalue weighted by molar-refractivity contribution is -0.901. The molecule has 0 bridgehead atoms. The first kappa shape index (κ1) is 18.6. The van der Waals surface area contributed by atoms with Crippen LogP contribution in [-0.4, -0.2) is 46.9 Å². The van der Waals surface area contributed by atoms with Crippen molar-refractivity contribution < 1.29 is 28.8 Å². The number of benzene rings is 2. The Kier molecular flexibility index (Phi) is 4.45. The molecule has 1 heterocycles. The van der Waals surface area contributed by atoms with Crippen LogP contribution in [0.4, 0.5) is 4.79 Å². The highest BCUT2D eigenvalue weighted by atomic mass is 35.5. The van der Waals surface area contributed by atoms with Gasteiger partial charge in [-0.15, -0.1) is 0 Å². The summed E-state index contributed by atoms with van der Waals surface area (Å²) < 4.78 is 10.2. The molecular formula is C20H18ClN2O5+. The van der Waals surface area contributed by atoms with E-state index in [4.69, 9.17) is 21.1 Å². The van der Waals surface area contributed by atoms with E-state index < -0.39 is 22.3 Å². The molecule has 0 fully saturated rings. The highest BCUT2D eigenvalue weighted by molar-refractivity contribution is 6.31. The number of hydrogen-bond donors (Lipinski definition) is 1. The Morgan fingerprint density at radius 2 is 2.04 bits per heavy atom. The van der Waals surface area contributed by atoms with Gasteiger partial charge in [-0.3, -0.25) is 0 Å². The van der Waals surface area contributed by atoms with Crippen molar-refractivity contribution in [3.8, 4) is 0 Å². The lowest BCUT2D eigenvalue weighted by Gasteiger charge is -2.37. The highest BCUT2D eigenvalue weighted by Crippen LogP contribution is 2.40. The van der Waals surface area contributed by atoms with Gasteiger partial charge in [0.2, 0.25) is 12.3 Å². The summed E-state index contributed by atoms with van der Waals surface area (Å²) in [6.45, 7) is -0.218. The van der Waals surface area contributed by atoms with Crippen LogP contribution in [0.3, 0.4) is 0 Å². The largest absolute Gasteiger partial charge is 0.543 e. The topological polar surface area (TPSA) is 85.2 Å². The third-order valence-corrected chi connectivity index (χ3v) is 5.35. The molecule has 144 valence electrons. The number of ether oxygens (including phenoxy) is 2. The van der Waals surface area contributed by atoms with Crippen LogP contribution < -0.4 is 0 Å². The minimum atomic E-state index is -1.46. The van der Waals surface area contributed by atoms with Crippen LogP contribution in [0.5, 0.6) is 0 Å². The molecule has 1 aliphatic carbocycles. The van der Waals surface area contributed by atoms with E-state index in [-0.39, 0.29) is 25.4 Å². The van der Waals surface area contributed by atoms with Crippen LogP contribution in [0.1, 0.15) is 16.7 Å². The van der Waals surface area contributed by atoms with Gasteiger partial charge in [0.1, 0.15) is 12.3 Å². The molecule has 0 saturated heterocycles. The second-order valence-corrected chi connectivity index (χ2v) is 7.30. The summed E-state index contributed by atoms with van der Waals surface area (Å²) in [7, 11) is 1.27. The fraction of sp³-hybridized carbons (Fsp3) is 0.250. The zero-order valence-electron chi connectivity index (χ0n) is 15.1. The average Bonchev–Trinajstić information content (AvgIpc) is 3.01. The van der Waals surface area contributed by atoms with Gasteiger partial charge in [-0.25, -0.2) is 4.79 Å². The molecule has 2 aromatic rings. The Bertz CT molecular complexity index is 993. The fourth-order valence-corrected chi connectivity index (χ4v) is 3.92. The first-order valence-electron chi connectivity index (χ1n) is 8.67. The van der Waals surface area contributed by atoms with Gasteiger partial charge in [-0.05, 0) is 17.7 Å². The van der Waals surface area contributed by atoms with Gasteiger partial charge in [-0.2, -0.15) is 4.79 Å². The zero-order valence-corrected chi connectivity index (χ0v) is 15.8. The first-order valence-corrected chi connectivity index (χ1v) is 9.04. The number of nitrogens with zero attached hydrogens (tertiary/aromatic N) is 2. The Hall–Kier alpha value is -2.74.